The van der Waals surface area contributed by atoms with Gasteiger partial charge in [-0.1, -0.05) is 12.2 Å². The second kappa shape index (κ2) is 10.8. The first-order valence-corrected chi connectivity index (χ1v) is 8.37. The third-order valence-corrected chi connectivity index (χ3v) is 3.35. The Morgan fingerprint density at radius 2 is 1.73 bits per heavy atom. The Morgan fingerprint density at radius 3 is 2.20 bits per heavy atom. The Morgan fingerprint density at radius 1 is 1.07 bits per heavy atom. The first-order chi connectivity index (χ1) is 7.06. The van der Waals surface area contributed by atoms with Crippen molar-refractivity contribution in [1.82, 2.24) is 0 Å². The smallest absolute Gasteiger partial charge is 0.0567 e. The summed E-state index contributed by atoms with van der Waals surface area (Å²) in [7, 11) is 0. The van der Waals surface area contributed by atoms with Crippen molar-refractivity contribution >= 4 is 75.3 Å². The normalized spacial score (nSPS) is 12.1. The molecule has 0 heterocycles. The van der Waals surface area contributed by atoms with Gasteiger partial charge in [-0.2, -0.15) is 0 Å². The summed E-state index contributed by atoms with van der Waals surface area (Å²) in [6, 6.07) is 0. The number of rotatable bonds is 7. The zero-order valence-corrected chi connectivity index (χ0v) is 15.3. The van der Waals surface area contributed by atoms with Crippen LogP contribution in [0.2, 0.25) is 0 Å². The van der Waals surface area contributed by atoms with Gasteiger partial charge in [-0.05, 0) is 95.3 Å². The lowest BCUT2D eigenvalue weighted by Crippen LogP contribution is -1.97. The van der Waals surface area contributed by atoms with E-state index in [9.17, 15) is 0 Å². The molecule has 0 bridgehead atoms. The number of halogens is 5. The number of alkyl halides is 1. The van der Waals surface area contributed by atoms with E-state index in [2.05, 4.69) is 75.9 Å². The van der Waals surface area contributed by atoms with Crippen LogP contribution >= 0.6 is 75.3 Å². The zero-order valence-electron chi connectivity index (χ0n) is 8.16. The van der Waals surface area contributed by atoms with Crippen LogP contribution < -0.4 is 0 Å². The molecule has 0 aliphatic rings. The van der Waals surface area contributed by atoms with Crippen molar-refractivity contribution < 1.29 is 0 Å². The fourth-order valence-corrected chi connectivity index (χ4v) is 2.59. The van der Waals surface area contributed by atoms with Gasteiger partial charge in [0.25, 0.3) is 0 Å². The van der Waals surface area contributed by atoms with Gasteiger partial charge in [0.1, 0.15) is 0 Å². The van der Waals surface area contributed by atoms with Crippen LogP contribution in [0.15, 0.2) is 18.9 Å². The highest BCUT2D eigenvalue weighted by molar-refractivity contribution is 9.28. The zero-order chi connectivity index (χ0) is 11.7. The molecule has 0 amide bonds. The Kier molecular flexibility index (Phi) is 12.0. The third kappa shape index (κ3) is 11.9. The third-order valence-electron chi connectivity index (χ3n) is 1.91. The summed E-state index contributed by atoms with van der Waals surface area (Å²) in [5.74, 6) is 1.32. The highest BCUT2D eigenvalue weighted by Crippen LogP contribution is 2.24. The molecule has 15 heavy (non-hydrogen) atoms. The quantitative estimate of drug-likeness (QED) is 0.352. The molecule has 0 nitrogen and oxygen atoms in total. The van der Waals surface area contributed by atoms with Crippen LogP contribution in [-0.4, -0.2) is 5.88 Å². The fraction of sp³-hybridized carbons (Fsp3) is 0.600. The molecule has 0 N–H and O–H groups in total. The average molecular weight is 488 g/mol. The minimum atomic E-state index is 0.577. The van der Waals surface area contributed by atoms with E-state index in [0.717, 1.165) is 38.3 Å². The molecule has 0 aromatic carbocycles. The lowest BCUT2D eigenvalue weighted by Gasteiger charge is -2.10. The van der Waals surface area contributed by atoms with E-state index >= 15 is 0 Å². The molecule has 0 saturated carbocycles. The monoisotopic (exact) mass is 484 g/mol. The van der Waals surface area contributed by atoms with Gasteiger partial charge in [-0.15, -0.1) is 11.6 Å². The largest absolute Gasteiger partial charge is 0.127 e. The molecule has 0 aliphatic carbocycles. The van der Waals surface area contributed by atoms with E-state index in [4.69, 9.17) is 11.6 Å². The molecule has 0 aromatic rings. The molecule has 0 radical (unpaired) electrons. The molecule has 0 spiro atoms. The van der Waals surface area contributed by atoms with Gasteiger partial charge in [0, 0.05) is 5.88 Å². The van der Waals surface area contributed by atoms with Crippen LogP contribution in [0.4, 0.5) is 0 Å². The highest BCUT2D eigenvalue weighted by atomic mass is 79.9. The van der Waals surface area contributed by atoms with Crippen molar-refractivity contribution in [2.45, 2.75) is 25.7 Å². The molecule has 88 valence electrons. The Hall–Kier alpha value is 1.69. The first kappa shape index (κ1) is 16.7. The van der Waals surface area contributed by atoms with Gasteiger partial charge in [0.15, 0.2) is 0 Å². The van der Waals surface area contributed by atoms with Gasteiger partial charge in [-0.3, -0.25) is 0 Å². The number of allylic oxidation sites excluding steroid dienone is 2. The maximum absolute atomic E-state index is 5.70. The molecule has 0 aromatic heterocycles. The summed E-state index contributed by atoms with van der Waals surface area (Å²) in [6.07, 6.45) is 8.72. The maximum Gasteiger partial charge on any atom is 0.0567 e. The molecular weight excluding hydrogens is 475 g/mol. The minimum Gasteiger partial charge on any atom is -0.127 e. The van der Waals surface area contributed by atoms with E-state index in [-0.39, 0.29) is 0 Å². The second-order valence-corrected chi connectivity index (χ2v) is 9.04. The minimum absolute atomic E-state index is 0.577. The molecule has 0 saturated heterocycles. The van der Waals surface area contributed by atoms with Crippen molar-refractivity contribution in [3.63, 3.8) is 0 Å². The summed E-state index contributed by atoms with van der Waals surface area (Å²) < 4.78 is 2.05. The van der Waals surface area contributed by atoms with Gasteiger partial charge in [0.05, 0.1) is 6.78 Å². The molecule has 5 heteroatoms. The van der Waals surface area contributed by atoms with Crippen molar-refractivity contribution in [1.29, 1.82) is 0 Å². The average Bonchev–Trinajstić information content (AvgIpc) is 2.12. The van der Waals surface area contributed by atoms with Crippen LogP contribution in [0.5, 0.6) is 0 Å². The second-order valence-electron chi connectivity index (χ2n) is 3.12. The molecule has 1 unspecified atom stereocenters. The van der Waals surface area contributed by atoms with Crippen molar-refractivity contribution in [3.05, 3.63) is 18.9 Å². The van der Waals surface area contributed by atoms with Gasteiger partial charge in [-0.25, -0.2) is 0 Å². The van der Waals surface area contributed by atoms with E-state index in [1.54, 1.807) is 0 Å². The summed E-state index contributed by atoms with van der Waals surface area (Å²) in [5.41, 5.74) is 0. The summed E-state index contributed by atoms with van der Waals surface area (Å²) in [6.45, 7) is 0. The van der Waals surface area contributed by atoms with Gasteiger partial charge >= 0.3 is 0 Å². The summed E-state index contributed by atoms with van der Waals surface area (Å²) in [5, 5.41) is 0. The SMILES string of the molecule is ClCCCC(C=C(Br)Br)CCC=C(Br)Br. The fourth-order valence-electron chi connectivity index (χ4n) is 1.24. The van der Waals surface area contributed by atoms with E-state index in [0.29, 0.717) is 5.92 Å². The van der Waals surface area contributed by atoms with Crippen molar-refractivity contribution in [2.24, 2.45) is 5.92 Å². The molecule has 0 fully saturated rings. The first-order valence-electron chi connectivity index (χ1n) is 4.66. The summed E-state index contributed by atoms with van der Waals surface area (Å²) >= 11 is 19.2. The van der Waals surface area contributed by atoms with Crippen LogP contribution in [0.1, 0.15) is 25.7 Å². The summed E-state index contributed by atoms with van der Waals surface area (Å²) in [4.78, 5) is 0. The number of hydrogen-bond acceptors (Lipinski definition) is 0. The van der Waals surface area contributed by atoms with Crippen LogP contribution in [0.3, 0.4) is 0 Å². The predicted molar refractivity (Wildman–Crippen MR) is 84.6 cm³/mol. The molecule has 0 rings (SSSR count). The molecule has 1 atom stereocenters. The lowest BCUT2D eigenvalue weighted by atomic mass is 9.98. The Balaban J connectivity index is 4.01. The van der Waals surface area contributed by atoms with E-state index in [1.165, 1.54) is 0 Å². The Labute approximate surface area is 130 Å². The van der Waals surface area contributed by atoms with Crippen molar-refractivity contribution in [3.8, 4) is 0 Å². The molecule has 0 aliphatic heterocycles. The number of hydrogen-bond donors (Lipinski definition) is 0. The van der Waals surface area contributed by atoms with Crippen LogP contribution in [0.25, 0.3) is 0 Å². The van der Waals surface area contributed by atoms with Crippen LogP contribution in [-0.2, 0) is 0 Å². The maximum atomic E-state index is 5.70. The highest BCUT2D eigenvalue weighted by Gasteiger charge is 2.05. The standard InChI is InChI=1S/C10H13Br4Cl/c11-9(12)5-1-3-8(4-2-6-15)7-10(13)14/h5,7-8H,1-4,6H2. The van der Waals surface area contributed by atoms with E-state index < -0.39 is 0 Å². The van der Waals surface area contributed by atoms with Crippen LogP contribution in [0, 0.1) is 5.92 Å². The van der Waals surface area contributed by atoms with Gasteiger partial charge in [0.2, 0.25) is 0 Å². The van der Waals surface area contributed by atoms with Gasteiger partial charge < -0.3 is 0 Å². The predicted octanol–water partition coefficient (Wildman–Crippen LogP) is 6.66. The van der Waals surface area contributed by atoms with Crippen molar-refractivity contribution in [2.75, 3.05) is 5.88 Å². The van der Waals surface area contributed by atoms with E-state index in [1.807, 2.05) is 0 Å². The topological polar surface area (TPSA) is 0 Å². The molecular formula is C10H13Br4Cl. The Bertz CT molecular complexity index is 217. The lowest BCUT2D eigenvalue weighted by molar-refractivity contribution is 0.544.